The van der Waals surface area contributed by atoms with E-state index in [1.807, 2.05) is 30.3 Å². The van der Waals surface area contributed by atoms with Crippen LogP contribution in [0.2, 0.25) is 0 Å². The zero-order valence-corrected chi connectivity index (χ0v) is 20.9. The fraction of sp³-hybridized carbons (Fsp3) is 0.400. The summed E-state index contributed by atoms with van der Waals surface area (Å²) >= 11 is 0. The number of unbranched alkanes of at least 4 members (excludes halogenated alkanes) is 3. The number of nitrogens with one attached hydrogen (secondary N) is 1. The van der Waals surface area contributed by atoms with Gasteiger partial charge in [-0.05, 0) is 30.0 Å². The second-order valence-electron chi connectivity index (χ2n) is 7.84. The lowest BCUT2D eigenvalue weighted by Gasteiger charge is -2.20. The fourth-order valence-corrected chi connectivity index (χ4v) is 5.13. The molecule has 184 valence electrons. The topological polar surface area (TPSA) is 105 Å². The summed E-state index contributed by atoms with van der Waals surface area (Å²) in [5.41, 5.74) is 4.77. The molecule has 0 atom stereocenters. The lowest BCUT2D eigenvalue weighted by Crippen LogP contribution is -2.31. The minimum absolute atomic E-state index is 0.168. The minimum Gasteiger partial charge on any atom is -0.277 e. The van der Waals surface area contributed by atoms with Gasteiger partial charge in [-0.15, -0.1) is 0 Å². The number of non-ortho nitro benzene ring substituents is 1. The maximum absolute atomic E-state index is 13.1. The molecule has 2 rings (SSSR count). The van der Waals surface area contributed by atoms with Crippen molar-refractivity contribution in [3.05, 3.63) is 69.8 Å². The highest BCUT2D eigenvalue weighted by molar-refractivity contribution is 7.89. The second kappa shape index (κ2) is 13.6. The van der Waals surface area contributed by atoms with Crippen LogP contribution in [0, 0.1) is 10.1 Å². The van der Waals surface area contributed by atoms with E-state index in [0.29, 0.717) is 0 Å². The zero-order valence-electron chi connectivity index (χ0n) is 20.1. The van der Waals surface area contributed by atoms with Crippen LogP contribution in [0.3, 0.4) is 0 Å². The van der Waals surface area contributed by atoms with Crippen LogP contribution in [0.15, 0.2) is 64.1 Å². The quantitative estimate of drug-likeness (QED) is 0.151. The van der Waals surface area contributed by atoms with Gasteiger partial charge in [0, 0.05) is 25.2 Å². The first-order chi connectivity index (χ1) is 16.3. The van der Waals surface area contributed by atoms with Crippen molar-refractivity contribution in [3.63, 3.8) is 0 Å². The molecule has 8 nitrogen and oxygen atoms in total. The van der Waals surface area contributed by atoms with E-state index in [-0.39, 0.29) is 29.4 Å². The van der Waals surface area contributed by atoms with E-state index in [1.165, 1.54) is 22.9 Å². The standard InChI is InChI=1S/C25H34N4O4S/c1-4-7-8-10-15-22(18-21-13-11-9-12-14-21)20-26-27-24-17-16-23(29(30)31)19-25(24)34(32,33)28(5-2)6-3/h9,11-14,16-20,27H,4-8,10,15H2,1-3H3/b22-18+,26-20+. The summed E-state index contributed by atoms with van der Waals surface area (Å²) in [7, 11) is -3.93. The number of hydrogen-bond donors (Lipinski definition) is 1. The molecule has 0 spiro atoms. The molecule has 0 radical (unpaired) electrons. The maximum atomic E-state index is 13.1. The number of rotatable bonds is 14. The first-order valence-corrected chi connectivity index (χ1v) is 13.1. The van der Waals surface area contributed by atoms with Gasteiger partial charge in [-0.25, -0.2) is 8.42 Å². The third-order valence-corrected chi connectivity index (χ3v) is 7.48. The van der Waals surface area contributed by atoms with Crippen molar-refractivity contribution in [1.82, 2.24) is 4.31 Å². The number of sulfonamides is 1. The molecule has 0 saturated heterocycles. The Balaban J connectivity index is 2.35. The molecule has 0 aliphatic rings. The number of nitrogens with zero attached hydrogens (tertiary/aromatic N) is 3. The maximum Gasteiger partial charge on any atom is 0.270 e. The van der Waals surface area contributed by atoms with Crippen LogP contribution in [0.5, 0.6) is 0 Å². The number of benzene rings is 2. The Morgan fingerprint density at radius 2 is 1.76 bits per heavy atom. The van der Waals surface area contributed by atoms with Crippen molar-refractivity contribution >= 4 is 33.7 Å². The van der Waals surface area contributed by atoms with Crippen molar-refractivity contribution < 1.29 is 13.3 Å². The molecule has 0 unspecified atom stereocenters. The molecule has 0 bridgehead atoms. The van der Waals surface area contributed by atoms with Gasteiger partial charge in [0.1, 0.15) is 4.90 Å². The molecular formula is C25H34N4O4S. The van der Waals surface area contributed by atoms with E-state index >= 15 is 0 Å². The lowest BCUT2D eigenvalue weighted by atomic mass is 10.0. The Bertz CT molecular complexity index is 1100. The van der Waals surface area contributed by atoms with Crippen LogP contribution >= 0.6 is 0 Å². The van der Waals surface area contributed by atoms with E-state index < -0.39 is 14.9 Å². The summed E-state index contributed by atoms with van der Waals surface area (Å²) in [5, 5.41) is 15.6. The number of anilines is 1. The Morgan fingerprint density at radius 3 is 2.38 bits per heavy atom. The van der Waals surface area contributed by atoms with Crippen molar-refractivity contribution in [2.45, 2.75) is 57.8 Å². The van der Waals surface area contributed by atoms with Crippen molar-refractivity contribution in [2.75, 3.05) is 18.5 Å². The number of allylic oxidation sites excluding steroid dienone is 1. The molecule has 0 aliphatic carbocycles. The van der Waals surface area contributed by atoms with E-state index in [9.17, 15) is 18.5 Å². The van der Waals surface area contributed by atoms with Crippen LogP contribution in [0.4, 0.5) is 11.4 Å². The Labute approximate surface area is 202 Å². The van der Waals surface area contributed by atoms with Crippen LogP contribution in [0.1, 0.15) is 58.4 Å². The summed E-state index contributed by atoms with van der Waals surface area (Å²) in [5.74, 6) is 0. The monoisotopic (exact) mass is 486 g/mol. The van der Waals surface area contributed by atoms with E-state index in [1.54, 1.807) is 20.1 Å². The molecule has 34 heavy (non-hydrogen) atoms. The largest absolute Gasteiger partial charge is 0.277 e. The Hall–Kier alpha value is -3.04. The fourth-order valence-electron chi connectivity index (χ4n) is 3.51. The van der Waals surface area contributed by atoms with E-state index in [2.05, 4.69) is 23.5 Å². The highest BCUT2D eigenvalue weighted by Gasteiger charge is 2.27. The van der Waals surface area contributed by atoms with Gasteiger partial charge in [0.2, 0.25) is 10.0 Å². The highest BCUT2D eigenvalue weighted by atomic mass is 32.2. The van der Waals surface area contributed by atoms with Gasteiger partial charge in [0.15, 0.2) is 0 Å². The summed E-state index contributed by atoms with van der Waals surface area (Å²) in [6.07, 6.45) is 9.05. The van der Waals surface area contributed by atoms with E-state index in [4.69, 9.17) is 0 Å². The van der Waals surface area contributed by atoms with E-state index in [0.717, 1.165) is 42.9 Å². The summed E-state index contributed by atoms with van der Waals surface area (Å²) in [6.45, 7) is 6.13. The molecule has 0 saturated carbocycles. The average Bonchev–Trinajstić information content (AvgIpc) is 2.83. The van der Waals surface area contributed by atoms with Crippen molar-refractivity contribution in [3.8, 4) is 0 Å². The predicted octanol–water partition coefficient (Wildman–Crippen LogP) is 6.08. The second-order valence-corrected chi connectivity index (χ2v) is 9.74. The van der Waals surface area contributed by atoms with Crippen LogP contribution in [-0.2, 0) is 10.0 Å². The molecule has 0 aliphatic heterocycles. The zero-order chi connectivity index (χ0) is 25.0. The van der Waals surface area contributed by atoms with Crippen molar-refractivity contribution in [1.29, 1.82) is 0 Å². The first kappa shape index (κ1) is 27.2. The molecule has 0 aromatic heterocycles. The molecule has 2 aromatic carbocycles. The summed E-state index contributed by atoms with van der Waals surface area (Å²) in [4.78, 5) is 10.5. The number of nitro groups is 1. The smallest absolute Gasteiger partial charge is 0.270 e. The molecule has 0 fully saturated rings. The van der Waals surface area contributed by atoms with Crippen LogP contribution < -0.4 is 5.43 Å². The highest BCUT2D eigenvalue weighted by Crippen LogP contribution is 2.29. The van der Waals surface area contributed by atoms with Gasteiger partial charge >= 0.3 is 0 Å². The SMILES string of the molecule is CCCCCCC(/C=N/Nc1ccc([N+](=O)[O-])cc1S(=O)(=O)N(CC)CC)=C\c1ccccc1. The van der Waals surface area contributed by atoms with Crippen LogP contribution in [0.25, 0.3) is 6.08 Å². The van der Waals surface area contributed by atoms with Gasteiger partial charge in [0.05, 0.1) is 16.8 Å². The van der Waals surface area contributed by atoms with Gasteiger partial charge in [-0.2, -0.15) is 9.41 Å². The third kappa shape index (κ3) is 7.78. The number of hydrogen-bond acceptors (Lipinski definition) is 6. The summed E-state index contributed by atoms with van der Waals surface area (Å²) < 4.78 is 27.5. The number of hydrazone groups is 1. The minimum atomic E-state index is -3.93. The molecule has 0 amide bonds. The molecule has 1 N–H and O–H groups in total. The number of nitro benzene ring substituents is 1. The van der Waals surface area contributed by atoms with Gasteiger partial charge in [-0.3, -0.25) is 15.5 Å². The van der Waals surface area contributed by atoms with Crippen LogP contribution in [-0.4, -0.2) is 37.0 Å². The van der Waals surface area contributed by atoms with Gasteiger partial charge in [0.25, 0.3) is 5.69 Å². The molecule has 2 aromatic rings. The molecule has 0 heterocycles. The Kier molecular flexibility index (Phi) is 10.9. The predicted molar refractivity (Wildman–Crippen MR) is 138 cm³/mol. The summed E-state index contributed by atoms with van der Waals surface area (Å²) in [6, 6.07) is 13.7. The third-order valence-electron chi connectivity index (χ3n) is 5.39. The Morgan fingerprint density at radius 1 is 1.06 bits per heavy atom. The normalized spacial score (nSPS) is 12.4. The van der Waals surface area contributed by atoms with Crippen molar-refractivity contribution in [2.24, 2.45) is 5.10 Å². The first-order valence-electron chi connectivity index (χ1n) is 11.7. The molecular weight excluding hydrogens is 452 g/mol. The van der Waals surface area contributed by atoms with Gasteiger partial charge in [-0.1, -0.05) is 76.4 Å². The lowest BCUT2D eigenvalue weighted by molar-refractivity contribution is -0.385. The van der Waals surface area contributed by atoms with Gasteiger partial charge < -0.3 is 0 Å². The molecule has 9 heteroatoms. The average molecular weight is 487 g/mol.